The van der Waals surface area contributed by atoms with Crippen molar-refractivity contribution in [2.75, 3.05) is 7.05 Å². The molecule has 1 aromatic heterocycles. The molecule has 22 heavy (non-hydrogen) atoms. The van der Waals surface area contributed by atoms with Gasteiger partial charge in [0.05, 0.1) is 28.8 Å². The Morgan fingerprint density at radius 2 is 2.05 bits per heavy atom. The summed E-state index contributed by atoms with van der Waals surface area (Å²) in [6, 6.07) is 8.00. The van der Waals surface area contributed by atoms with Crippen LogP contribution in [0.25, 0.3) is 10.2 Å². The molecule has 0 radical (unpaired) electrons. The second-order valence-corrected chi connectivity index (χ2v) is 7.40. The Labute approximate surface area is 134 Å². The zero-order valence-electron chi connectivity index (χ0n) is 12.9. The van der Waals surface area contributed by atoms with Gasteiger partial charge in [0.1, 0.15) is 5.01 Å². The van der Waals surface area contributed by atoms with E-state index in [1.165, 1.54) is 0 Å². The number of rotatable bonds is 4. The van der Waals surface area contributed by atoms with Gasteiger partial charge in [0.25, 0.3) is 0 Å². The normalized spacial score (nSPS) is 17.5. The van der Waals surface area contributed by atoms with Crippen LogP contribution >= 0.6 is 11.3 Å². The van der Waals surface area contributed by atoms with Crippen molar-refractivity contribution in [3.63, 3.8) is 0 Å². The maximum atomic E-state index is 12.4. The summed E-state index contributed by atoms with van der Waals surface area (Å²) in [5.74, 6) is 0.00339. The van der Waals surface area contributed by atoms with Crippen LogP contribution in [0, 0.1) is 0 Å². The average Bonchev–Trinajstić information content (AvgIpc) is 2.89. The number of para-hydroxylation sites is 1. The van der Waals surface area contributed by atoms with Gasteiger partial charge in [-0.15, -0.1) is 11.3 Å². The lowest BCUT2D eigenvalue weighted by Crippen LogP contribution is -2.39. The monoisotopic (exact) mass is 318 g/mol. The SMILES string of the molecule is CN(Cc1nc2ccccc2s1)C(=O)CC1(O)CCCCC1. The predicted molar refractivity (Wildman–Crippen MR) is 88.7 cm³/mol. The maximum Gasteiger partial charge on any atom is 0.225 e. The summed E-state index contributed by atoms with van der Waals surface area (Å²) in [5, 5.41) is 11.4. The van der Waals surface area contributed by atoms with Gasteiger partial charge in [-0.2, -0.15) is 0 Å². The molecular formula is C17H22N2O2S. The Bertz CT molecular complexity index is 628. The van der Waals surface area contributed by atoms with E-state index in [0.717, 1.165) is 47.3 Å². The molecule has 1 aliphatic carbocycles. The van der Waals surface area contributed by atoms with Crippen molar-refractivity contribution in [1.29, 1.82) is 0 Å². The van der Waals surface area contributed by atoms with Crippen LogP contribution in [-0.2, 0) is 11.3 Å². The van der Waals surface area contributed by atoms with Gasteiger partial charge in [0.2, 0.25) is 5.91 Å². The fourth-order valence-electron chi connectivity index (χ4n) is 3.08. The van der Waals surface area contributed by atoms with E-state index in [9.17, 15) is 9.90 Å². The highest BCUT2D eigenvalue weighted by Crippen LogP contribution is 2.31. The highest BCUT2D eigenvalue weighted by Gasteiger charge is 2.32. The molecular weight excluding hydrogens is 296 g/mol. The standard InChI is InChI=1S/C17H22N2O2S/c1-19(16(20)11-17(21)9-5-2-6-10-17)12-15-18-13-7-3-4-8-14(13)22-15/h3-4,7-8,21H,2,5-6,9-12H2,1H3. The minimum atomic E-state index is -0.794. The minimum absolute atomic E-state index is 0.00339. The predicted octanol–water partition coefficient (Wildman–Crippen LogP) is 3.34. The van der Waals surface area contributed by atoms with E-state index in [4.69, 9.17) is 0 Å². The van der Waals surface area contributed by atoms with Gasteiger partial charge in [-0.3, -0.25) is 4.79 Å². The quantitative estimate of drug-likeness (QED) is 0.940. The highest BCUT2D eigenvalue weighted by molar-refractivity contribution is 7.18. The Balaban J connectivity index is 1.63. The Morgan fingerprint density at radius 1 is 1.32 bits per heavy atom. The van der Waals surface area contributed by atoms with Gasteiger partial charge < -0.3 is 10.0 Å². The first kappa shape index (κ1) is 15.4. The fourth-order valence-corrected chi connectivity index (χ4v) is 4.10. The third kappa shape index (κ3) is 3.47. The molecule has 0 spiro atoms. The maximum absolute atomic E-state index is 12.4. The molecule has 118 valence electrons. The van der Waals surface area contributed by atoms with Gasteiger partial charge in [-0.1, -0.05) is 31.4 Å². The number of aromatic nitrogens is 1. The van der Waals surface area contributed by atoms with Crippen molar-refractivity contribution in [2.45, 2.75) is 50.7 Å². The summed E-state index contributed by atoms with van der Waals surface area (Å²) < 4.78 is 1.14. The molecule has 2 aromatic rings. The van der Waals surface area contributed by atoms with Crippen LogP contribution < -0.4 is 0 Å². The summed E-state index contributed by atoms with van der Waals surface area (Å²) in [4.78, 5) is 18.6. The molecule has 1 N–H and O–H groups in total. The Hall–Kier alpha value is -1.46. The minimum Gasteiger partial charge on any atom is -0.389 e. The van der Waals surface area contributed by atoms with E-state index in [1.54, 1.807) is 23.3 Å². The molecule has 3 rings (SSSR count). The Kier molecular flexibility index (Phi) is 4.45. The molecule has 0 unspecified atom stereocenters. The van der Waals surface area contributed by atoms with Crippen LogP contribution in [0.15, 0.2) is 24.3 Å². The van der Waals surface area contributed by atoms with E-state index in [-0.39, 0.29) is 12.3 Å². The summed E-state index contributed by atoms with van der Waals surface area (Å²) in [5.41, 5.74) is 0.186. The summed E-state index contributed by atoms with van der Waals surface area (Å²) in [6.45, 7) is 0.508. The van der Waals surface area contributed by atoms with Gasteiger partial charge in [0.15, 0.2) is 0 Å². The van der Waals surface area contributed by atoms with Crippen molar-refractivity contribution in [2.24, 2.45) is 0 Å². The van der Waals surface area contributed by atoms with Gasteiger partial charge in [-0.05, 0) is 25.0 Å². The molecule has 4 nitrogen and oxygen atoms in total. The topological polar surface area (TPSA) is 53.4 Å². The summed E-state index contributed by atoms with van der Waals surface area (Å²) in [7, 11) is 1.79. The third-order valence-corrected chi connectivity index (χ3v) is 5.42. The average molecular weight is 318 g/mol. The molecule has 0 aliphatic heterocycles. The molecule has 1 amide bonds. The first-order valence-electron chi connectivity index (χ1n) is 7.87. The molecule has 1 heterocycles. The number of carbonyl (C=O) groups excluding carboxylic acids is 1. The number of carbonyl (C=O) groups is 1. The number of thiazole rings is 1. The molecule has 0 atom stereocenters. The van der Waals surface area contributed by atoms with Gasteiger partial charge >= 0.3 is 0 Å². The summed E-state index contributed by atoms with van der Waals surface area (Å²) in [6.07, 6.45) is 4.92. The molecule has 0 bridgehead atoms. The van der Waals surface area contributed by atoms with Crippen molar-refractivity contribution >= 4 is 27.5 Å². The zero-order chi connectivity index (χ0) is 15.6. The van der Waals surface area contributed by atoms with Crippen LogP contribution in [0.4, 0.5) is 0 Å². The van der Waals surface area contributed by atoms with E-state index in [1.807, 2.05) is 24.3 Å². The number of nitrogens with zero attached hydrogens (tertiary/aromatic N) is 2. The second kappa shape index (κ2) is 6.34. The smallest absolute Gasteiger partial charge is 0.225 e. The van der Waals surface area contributed by atoms with Crippen molar-refractivity contribution in [3.8, 4) is 0 Å². The Morgan fingerprint density at radius 3 is 2.77 bits per heavy atom. The van der Waals surface area contributed by atoms with E-state index in [0.29, 0.717) is 6.54 Å². The number of fused-ring (bicyclic) bond motifs is 1. The molecule has 5 heteroatoms. The van der Waals surface area contributed by atoms with Crippen LogP contribution in [0.5, 0.6) is 0 Å². The molecule has 1 saturated carbocycles. The molecule has 1 fully saturated rings. The van der Waals surface area contributed by atoms with Crippen molar-refractivity contribution in [3.05, 3.63) is 29.3 Å². The van der Waals surface area contributed by atoms with Crippen molar-refractivity contribution in [1.82, 2.24) is 9.88 Å². The lowest BCUT2D eigenvalue weighted by molar-refractivity contribution is -0.137. The number of benzene rings is 1. The molecule has 0 saturated heterocycles. The molecule has 1 aromatic carbocycles. The van der Waals surface area contributed by atoms with Crippen LogP contribution in [-0.4, -0.2) is 33.5 Å². The van der Waals surface area contributed by atoms with Gasteiger partial charge in [0, 0.05) is 7.05 Å². The number of aliphatic hydroxyl groups is 1. The van der Waals surface area contributed by atoms with Crippen LogP contribution in [0.2, 0.25) is 0 Å². The highest BCUT2D eigenvalue weighted by atomic mass is 32.1. The first-order chi connectivity index (χ1) is 10.6. The van der Waals surface area contributed by atoms with Crippen LogP contribution in [0.1, 0.15) is 43.5 Å². The van der Waals surface area contributed by atoms with Crippen LogP contribution in [0.3, 0.4) is 0 Å². The number of hydrogen-bond acceptors (Lipinski definition) is 4. The van der Waals surface area contributed by atoms with E-state index >= 15 is 0 Å². The van der Waals surface area contributed by atoms with Gasteiger partial charge in [-0.25, -0.2) is 4.98 Å². The third-order valence-electron chi connectivity index (χ3n) is 4.40. The summed E-state index contributed by atoms with van der Waals surface area (Å²) >= 11 is 1.62. The van der Waals surface area contributed by atoms with E-state index in [2.05, 4.69) is 4.98 Å². The fraction of sp³-hybridized carbons (Fsp3) is 0.529. The van der Waals surface area contributed by atoms with Crippen molar-refractivity contribution < 1.29 is 9.90 Å². The van der Waals surface area contributed by atoms with E-state index < -0.39 is 5.60 Å². The number of amides is 1. The zero-order valence-corrected chi connectivity index (χ0v) is 13.7. The largest absolute Gasteiger partial charge is 0.389 e. The lowest BCUT2D eigenvalue weighted by atomic mass is 9.82. The number of hydrogen-bond donors (Lipinski definition) is 1. The first-order valence-corrected chi connectivity index (χ1v) is 8.68. The second-order valence-electron chi connectivity index (χ2n) is 6.29. The molecule has 1 aliphatic rings. The lowest BCUT2D eigenvalue weighted by Gasteiger charge is -2.32.